The van der Waals surface area contributed by atoms with Gasteiger partial charge in [0.1, 0.15) is 18.5 Å². The van der Waals surface area contributed by atoms with Crippen LogP contribution in [0.4, 0.5) is 19.0 Å². The van der Waals surface area contributed by atoms with Gasteiger partial charge in [-0.05, 0) is 49.6 Å². The number of anilines is 1. The van der Waals surface area contributed by atoms with Gasteiger partial charge in [0.05, 0.1) is 17.3 Å². The van der Waals surface area contributed by atoms with Gasteiger partial charge < -0.3 is 9.80 Å². The molecule has 1 fully saturated rings. The first-order valence-electron chi connectivity index (χ1n) is 10.7. The Morgan fingerprint density at radius 2 is 1.82 bits per heavy atom. The summed E-state index contributed by atoms with van der Waals surface area (Å²) in [6, 6.07) is 10.2. The second kappa shape index (κ2) is 9.21. The highest BCUT2D eigenvalue weighted by atomic mass is 19.4. The van der Waals surface area contributed by atoms with E-state index in [9.17, 15) is 18.0 Å². The molecule has 0 radical (unpaired) electrons. The number of carbonyl (C=O) groups is 1. The van der Waals surface area contributed by atoms with Crippen LogP contribution in [-0.4, -0.2) is 50.7 Å². The van der Waals surface area contributed by atoms with Crippen LogP contribution in [0.2, 0.25) is 0 Å². The Bertz CT molecular complexity index is 1060. The molecule has 1 aliphatic heterocycles. The normalized spacial score (nSPS) is 16.0. The molecule has 1 saturated heterocycles. The molecule has 0 spiro atoms. The molecular formula is C23H25F3N6O. The molecular weight excluding hydrogens is 433 g/mol. The van der Waals surface area contributed by atoms with Crippen molar-refractivity contribution in [1.29, 1.82) is 0 Å². The van der Waals surface area contributed by atoms with E-state index in [1.165, 1.54) is 12.4 Å². The Balaban J connectivity index is 1.34. The fourth-order valence-electron chi connectivity index (χ4n) is 4.05. The molecule has 1 aliphatic rings. The summed E-state index contributed by atoms with van der Waals surface area (Å²) in [7, 11) is 1.81. The Morgan fingerprint density at radius 1 is 1.12 bits per heavy atom. The molecule has 1 aromatic carbocycles. The van der Waals surface area contributed by atoms with Crippen molar-refractivity contribution in [1.82, 2.24) is 24.6 Å². The zero-order chi connectivity index (χ0) is 23.6. The molecule has 10 heteroatoms. The number of benzene rings is 1. The molecule has 1 atom stereocenters. The van der Waals surface area contributed by atoms with Gasteiger partial charge in [0.25, 0.3) is 0 Å². The number of alkyl halides is 3. The second-order valence-electron chi connectivity index (χ2n) is 8.22. The number of carbonyl (C=O) groups excluding carboxylic acids is 1. The number of aromatic nitrogens is 4. The molecule has 174 valence electrons. The molecule has 3 heterocycles. The van der Waals surface area contributed by atoms with E-state index in [2.05, 4.69) is 15.1 Å². The molecule has 3 aromatic rings. The highest BCUT2D eigenvalue weighted by molar-refractivity contribution is 5.79. The minimum absolute atomic E-state index is 0.0721. The third-order valence-electron chi connectivity index (χ3n) is 6.23. The number of hydrogen-bond donors (Lipinski definition) is 0. The van der Waals surface area contributed by atoms with Crippen LogP contribution in [0.1, 0.15) is 36.9 Å². The van der Waals surface area contributed by atoms with E-state index in [4.69, 9.17) is 0 Å². The fraction of sp³-hybridized carbons (Fsp3) is 0.391. The van der Waals surface area contributed by atoms with Crippen molar-refractivity contribution in [2.75, 3.05) is 25.0 Å². The van der Waals surface area contributed by atoms with E-state index < -0.39 is 11.7 Å². The summed E-state index contributed by atoms with van der Waals surface area (Å²) in [5.41, 5.74) is 1.14. The van der Waals surface area contributed by atoms with E-state index >= 15 is 0 Å². The highest BCUT2D eigenvalue weighted by Gasteiger charge is 2.32. The van der Waals surface area contributed by atoms with E-state index in [0.717, 1.165) is 23.5 Å². The number of amides is 1. The van der Waals surface area contributed by atoms with Crippen LogP contribution in [0.15, 0.2) is 55.2 Å². The van der Waals surface area contributed by atoms with Gasteiger partial charge in [-0.3, -0.25) is 4.79 Å². The standard InChI is InChI=1S/C23H25F3N6O/c1-16(17-3-6-20(7-4-17)32-15-27-14-29-32)30(2)22(33)18-9-11-31(12-10-18)21-8-5-19(13-28-21)23(24,25)26/h3-8,13-16,18H,9-12H2,1-2H3/t16-/m1/s1. The predicted octanol–water partition coefficient (Wildman–Crippen LogP) is 4.12. The summed E-state index contributed by atoms with van der Waals surface area (Å²) < 4.78 is 39.9. The number of rotatable bonds is 5. The highest BCUT2D eigenvalue weighted by Crippen LogP contribution is 2.31. The lowest BCUT2D eigenvalue weighted by Crippen LogP contribution is -2.42. The lowest BCUT2D eigenvalue weighted by atomic mass is 9.94. The van der Waals surface area contributed by atoms with Gasteiger partial charge >= 0.3 is 6.18 Å². The molecule has 0 aliphatic carbocycles. The number of halogens is 3. The molecule has 7 nitrogen and oxygen atoms in total. The molecule has 2 aromatic heterocycles. The van der Waals surface area contributed by atoms with Crippen molar-refractivity contribution < 1.29 is 18.0 Å². The van der Waals surface area contributed by atoms with Crippen molar-refractivity contribution in [3.05, 3.63) is 66.4 Å². The van der Waals surface area contributed by atoms with Gasteiger partial charge in [0, 0.05) is 32.3 Å². The number of piperidine rings is 1. The molecule has 4 rings (SSSR count). The van der Waals surface area contributed by atoms with Gasteiger partial charge in [-0.2, -0.15) is 18.3 Å². The van der Waals surface area contributed by atoms with Crippen LogP contribution in [0.25, 0.3) is 5.69 Å². The van der Waals surface area contributed by atoms with Gasteiger partial charge in [0.15, 0.2) is 0 Å². The van der Waals surface area contributed by atoms with Crippen LogP contribution < -0.4 is 4.90 Å². The van der Waals surface area contributed by atoms with Crippen LogP contribution in [0.5, 0.6) is 0 Å². The SMILES string of the molecule is C[C@H](c1ccc(-n2cncn2)cc1)N(C)C(=O)C1CCN(c2ccc(C(F)(F)F)cn2)CC1. The Kier molecular flexibility index (Phi) is 6.35. The summed E-state index contributed by atoms with van der Waals surface area (Å²) in [6.07, 6.45) is 0.815. The maximum Gasteiger partial charge on any atom is 0.417 e. The molecule has 33 heavy (non-hydrogen) atoms. The molecule has 0 bridgehead atoms. The van der Waals surface area contributed by atoms with Crippen molar-refractivity contribution in [2.45, 2.75) is 32.0 Å². The minimum Gasteiger partial charge on any atom is -0.357 e. The van der Waals surface area contributed by atoms with Gasteiger partial charge in [-0.1, -0.05) is 12.1 Å². The molecule has 0 N–H and O–H groups in total. The summed E-state index contributed by atoms with van der Waals surface area (Å²) in [5.74, 6) is 0.448. The summed E-state index contributed by atoms with van der Waals surface area (Å²) in [6.45, 7) is 3.14. The van der Waals surface area contributed by atoms with Gasteiger partial charge in [0.2, 0.25) is 5.91 Å². The second-order valence-corrected chi connectivity index (χ2v) is 8.22. The van der Waals surface area contributed by atoms with Gasteiger partial charge in [-0.25, -0.2) is 14.6 Å². The monoisotopic (exact) mass is 458 g/mol. The van der Waals surface area contributed by atoms with Crippen molar-refractivity contribution >= 4 is 11.7 Å². The van der Waals surface area contributed by atoms with E-state index in [1.807, 2.05) is 43.1 Å². The first-order valence-corrected chi connectivity index (χ1v) is 10.7. The fourth-order valence-corrected chi connectivity index (χ4v) is 4.05. The average Bonchev–Trinajstić information content (AvgIpc) is 3.37. The third-order valence-corrected chi connectivity index (χ3v) is 6.23. The van der Waals surface area contributed by atoms with Crippen LogP contribution in [-0.2, 0) is 11.0 Å². The zero-order valence-corrected chi connectivity index (χ0v) is 18.4. The van der Waals surface area contributed by atoms with E-state index in [1.54, 1.807) is 15.9 Å². The van der Waals surface area contributed by atoms with Gasteiger partial charge in [-0.15, -0.1) is 0 Å². The summed E-state index contributed by atoms with van der Waals surface area (Å²) >= 11 is 0. The lowest BCUT2D eigenvalue weighted by molar-refractivity contribution is -0.138. The number of hydrogen-bond acceptors (Lipinski definition) is 5. The molecule has 0 saturated carbocycles. The molecule has 0 unspecified atom stereocenters. The topological polar surface area (TPSA) is 67.2 Å². The van der Waals surface area contributed by atoms with E-state index in [-0.39, 0.29) is 17.9 Å². The first kappa shape index (κ1) is 22.8. The number of nitrogens with zero attached hydrogens (tertiary/aromatic N) is 6. The predicted molar refractivity (Wildman–Crippen MR) is 117 cm³/mol. The molecule has 1 amide bonds. The van der Waals surface area contributed by atoms with Crippen LogP contribution in [0.3, 0.4) is 0 Å². The lowest BCUT2D eigenvalue weighted by Gasteiger charge is -2.35. The van der Waals surface area contributed by atoms with Crippen molar-refractivity contribution in [2.24, 2.45) is 5.92 Å². The largest absolute Gasteiger partial charge is 0.417 e. The summed E-state index contributed by atoms with van der Waals surface area (Å²) in [5, 5.41) is 4.11. The number of pyridine rings is 1. The Hall–Kier alpha value is -3.43. The quantitative estimate of drug-likeness (QED) is 0.576. The van der Waals surface area contributed by atoms with E-state index in [0.29, 0.717) is 31.7 Å². The Labute approximate surface area is 189 Å². The van der Waals surface area contributed by atoms with Crippen LogP contribution in [0, 0.1) is 5.92 Å². The van der Waals surface area contributed by atoms with Crippen LogP contribution >= 0.6 is 0 Å². The Morgan fingerprint density at radius 3 is 2.36 bits per heavy atom. The maximum atomic E-state index is 13.1. The van der Waals surface area contributed by atoms with Crippen molar-refractivity contribution in [3.63, 3.8) is 0 Å². The average molecular weight is 458 g/mol. The smallest absolute Gasteiger partial charge is 0.357 e. The zero-order valence-electron chi connectivity index (χ0n) is 18.4. The third kappa shape index (κ3) is 4.99. The maximum absolute atomic E-state index is 13.1. The summed E-state index contributed by atoms with van der Waals surface area (Å²) in [4.78, 5) is 24.7. The first-order chi connectivity index (χ1) is 15.7. The minimum atomic E-state index is -4.40. The van der Waals surface area contributed by atoms with Crippen molar-refractivity contribution in [3.8, 4) is 5.69 Å².